The topological polar surface area (TPSA) is 59.2 Å². The van der Waals surface area contributed by atoms with Gasteiger partial charge in [-0.05, 0) is 48.9 Å². The minimum Gasteiger partial charge on any atom is -0.467 e. The fourth-order valence-corrected chi connectivity index (χ4v) is 5.45. The van der Waals surface area contributed by atoms with Crippen LogP contribution in [0.5, 0.6) is 0 Å². The molecule has 0 aliphatic heterocycles. The first-order valence-electron chi connectivity index (χ1n) is 8.85. The van der Waals surface area contributed by atoms with E-state index in [9.17, 15) is 4.79 Å². The lowest BCUT2D eigenvalue weighted by Crippen LogP contribution is -2.30. The monoisotopic (exact) mass is 439 g/mol. The second-order valence-corrected chi connectivity index (χ2v) is 9.00. The van der Waals surface area contributed by atoms with Gasteiger partial charge in [0.05, 0.1) is 33.2 Å². The van der Waals surface area contributed by atoms with Gasteiger partial charge in [-0.2, -0.15) is 0 Å². The Bertz CT molecular complexity index is 1310. The molecule has 29 heavy (non-hydrogen) atoms. The van der Waals surface area contributed by atoms with Gasteiger partial charge < -0.3 is 4.42 Å². The number of carbonyl (C=O) groups excluding carboxylic acids is 1. The Balaban J connectivity index is 1.61. The highest BCUT2D eigenvalue weighted by atomic mass is 35.5. The van der Waals surface area contributed by atoms with Crippen LogP contribution in [-0.2, 0) is 6.54 Å². The van der Waals surface area contributed by atoms with E-state index in [4.69, 9.17) is 21.0 Å². The van der Waals surface area contributed by atoms with Crippen LogP contribution in [0, 0.1) is 6.92 Å². The zero-order valence-electron chi connectivity index (χ0n) is 15.3. The molecule has 5 rings (SSSR count). The maximum atomic E-state index is 13.4. The van der Waals surface area contributed by atoms with Crippen molar-refractivity contribution in [3.8, 4) is 0 Å². The van der Waals surface area contributed by atoms with Crippen LogP contribution in [0.3, 0.4) is 0 Å². The lowest BCUT2D eigenvalue weighted by atomic mass is 10.2. The number of hydrogen-bond donors (Lipinski definition) is 0. The molecular formula is C21H14ClN3O2S2. The molecule has 1 amide bonds. The molecular weight excluding hydrogens is 426 g/mol. The molecule has 8 heteroatoms. The molecule has 0 radical (unpaired) electrons. The number of amides is 1. The first kappa shape index (κ1) is 18.3. The van der Waals surface area contributed by atoms with Crippen LogP contribution < -0.4 is 4.90 Å². The van der Waals surface area contributed by atoms with Gasteiger partial charge in [0.1, 0.15) is 5.76 Å². The summed E-state index contributed by atoms with van der Waals surface area (Å²) in [5, 5.41) is 1.66. The quantitative estimate of drug-likeness (QED) is 0.329. The van der Waals surface area contributed by atoms with Crippen molar-refractivity contribution in [2.45, 2.75) is 13.5 Å². The van der Waals surface area contributed by atoms with E-state index in [-0.39, 0.29) is 12.5 Å². The Morgan fingerprint density at radius 3 is 2.76 bits per heavy atom. The largest absolute Gasteiger partial charge is 0.467 e. The molecule has 2 aromatic carbocycles. The van der Waals surface area contributed by atoms with Crippen molar-refractivity contribution in [3.63, 3.8) is 0 Å². The molecule has 0 unspecified atom stereocenters. The fourth-order valence-electron chi connectivity index (χ4n) is 3.12. The molecule has 0 bridgehead atoms. The van der Waals surface area contributed by atoms with Crippen molar-refractivity contribution in [2.24, 2.45) is 0 Å². The van der Waals surface area contributed by atoms with Gasteiger partial charge in [0, 0.05) is 5.02 Å². The first-order chi connectivity index (χ1) is 14.1. The summed E-state index contributed by atoms with van der Waals surface area (Å²) in [5.74, 6) is 0.471. The van der Waals surface area contributed by atoms with Crippen molar-refractivity contribution in [3.05, 3.63) is 76.1 Å². The number of hydrogen-bond acceptors (Lipinski definition) is 6. The highest BCUT2D eigenvalue weighted by Crippen LogP contribution is 2.35. The van der Waals surface area contributed by atoms with Gasteiger partial charge in [0.25, 0.3) is 5.91 Å². The molecule has 0 aliphatic carbocycles. The predicted octanol–water partition coefficient (Wildman–Crippen LogP) is 6.31. The van der Waals surface area contributed by atoms with Crippen LogP contribution in [0.4, 0.5) is 5.13 Å². The van der Waals surface area contributed by atoms with E-state index in [1.807, 2.05) is 49.4 Å². The minimum absolute atomic E-state index is 0.203. The van der Waals surface area contributed by atoms with Crippen LogP contribution in [0.2, 0.25) is 5.02 Å². The summed E-state index contributed by atoms with van der Waals surface area (Å²) in [6, 6.07) is 15.1. The average molecular weight is 440 g/mol. The molecule has 0 aliphatic rings. The third-order valence-corrected chi connectivity index (χ3v) is 6.75. The van der Waals surface area contributed by atoms with Gasteiger partial charge in [-0.25, -0.2) is 9.97 Å². The number of furan rings is 1. The van der Waals surface area contributed by atoms with Gasteiger partial charge in [0.15, 0.2) is 10.1 Å². The first-order valence-corrected chi connectivity index (χ1v) is 10.9. The van der Waals surface area contributed by atoms with E-state index >= 15 is 0 Å². The maximum absolute atomic E-state index is 13.4. The van der Waals surface area contributed by atoms with Gasteiger partial charge in [-0.3, -0.25) is 9.69 Å². The molecule has 3 aromatic heterocycles. The van der Waals surface area contributed by atoms with Crippen molar-refractivity contribution in [1.29, 1.82) is 0 Å². The maximum Gasteiger partial charge on any atom is 0.289 e. The van der Waals surface area contributed by atoms with Gasteiger partial charge in [0.2, 0.25) is 0 Å². The van der Waals surface area contributed by atoms with Crippen LogP contribution in [0.25, 0.3) is 20.4 Å². The molecule has 5 aromatic rings. The molecule has 0 spiro atoms. The summed E-state index contributed by atoms with van der Waals surface area (Å²) in [7, 11) is 0. The number of fused-ring (bicyclic) bond motifs is 2. The molecule has 144 valence electrons. The number of benzene rings is 2. The van der Waals surface area contributed by atoms with Crippen LogP contribution in [-0.4, -0.2) is 15.9 Å². The summed E-state index contributed by atoms with van der Waals surface area (Å²) < 4.78 is 7.40. The van der Waals surface area contributed by atoms with Gasteiger partial charge in [-0.15, -0.1) is 11.3 Å². The number of nitrogens with zero attached hydrogens (tertiary/aromatic N) is 3. The van der Waals surface area contributed by atoms with E-state index in [0.29, 0.717) is 20.9 Å². The third kappa shape index (κ3) is 3.42. The molecule has 0 N–H and O–H groups in total. The zero-order chi connectivity index (χ0) is 20.0. The molecule has 0 fully saturated rings. The second kappa shape index (κ2) is 7.26. The number of aryl methyl sites for hydroxylation is 1. The summed E-state index contributed by atoms with van der Waals surface area (Å²) in [6.07, 6.45) is 1.60. The van der Waals surface area contributed by atoms with Gasteiger partial charge in [-0.1, -0.05) is 35.1 Å². The van der Waals surface area contributed by atoms with Crippen LogP contribution >= 0.6 is 34.3 Å². The van der Waals surface area contributed by atoms with E-state index < -0.39 is 0 Å². The smallest absolute Gasteiger partial charge is 0.289 e. The highest BCUT2D eigenvalue weighted by Gasteiger charge is 2.26. The van der Waals surface area contributed by atoms with Crippen LogP contribution in [0.15, 0.2) is 59.2 Å². The Morgan fingerprint density at radius 2 is 1.97 bits per heavy atom. The van der Waals surface area contributed by atoms with Crippen LogP contribution in [0.1, 0.15) is 21.1 Å². The van der Waals surface area contributed by atoms with E-state index in [0.717, 1.165) is 26.0 Å². The standard InChI is InChI=1S/C21H14ClN3O2S2/c1-12-9-13(22)10-17-18(12)24-21(29-17)25(11-14-5-4-8-27-14)20(26)19-23-15-6-2-3-7-16(15)28-19/h2-10H,11H2,1H3. The van der Waals surface area contributed by atoms with E-state index in [1.54, 1.807) is 17.2 Å². The Kier molecular flexibility index (Phi) is 4.58. The number of rotatable bonds is 4. The molecule has 3 heterocycles. The number of halogens is 1. The summed E-state index contributed by atoms with van der Waals surface area (Å²) >= 11 is 9.01. The summed E-state index contributed by atoms with van der Waals surface area (Å²) in [4.78, 5) is 24.3. The lowest BCUT2D eigenvalue weighted by Gasteiger charge is -2.17. The predicted molar refractivity (Wildman–Crippen MR) is 118 cm³/mol. The second-order valence-electron chi connectivity index (χ2n) is 6.52. The number of para-hydroxylation sites is 1. The summed E-state index contributed by atoms with van der Waals surface area (Å²) in [6.45, 7) is 2.23. The molecule has 0 saturated heterocycles. The van der Waals surface area contributed by atoms with Crippen molar-refractivity contribution >= 4 is 65.7 Å². The Hall–Kier alpha value is -2.74. The lowest BCUT2D eigenvalue weighted by molar-refractivity contribution is 0.0983. The van der Waals surface area contributed by atoms with E-state index in [2.05, 4.69) is 4.98 Å². The minimum atomic E-state index is -0.203. The zero-order valence-corrected chi connectivity index (χ0v) is 17.6. The fraction of sp³-hybridized carbons (Fsp3) is 0.0952. The highest BCUT2D eigenvalue weighted by molar-refractivity contribution is 7.23. The van der Waals surface area contributed by atoms with Crippen molar-refractivity contribution < 1.29 is 9.21 Å². The Morgan fingerprint density at radius 1 is 1.10 bits per heavy atom. The number of anilines is 1. The third-order valence-electron chi connectivity index (χ3n) is 4.49. The SMILES string of the molecule is Cc1cc(Cl)cc2sc(N(Cc3ccco3)C(=O)c3nc4ccccc4s3)nc12. The summed E-state index contributed by atoms with van der Waals surface area (Å²) in [5.41, 5.74) is 2.63. The van der Waals surface area contributed by atoms with E-state index in [1.165, 1.54) is 22.7 Å². The number of carbonyl (C=O) groups is 1. The van der Waals surface area contributed by atoms with Gasteiger partial charge >= 0.3 is 0 Å². The van der Waals surface area contributed by atoms with Crippen molar-refractivity contribution in [1.82, 2.24) is 9.97 Å². The molecule has 0 atom stereocenters. The number of aromatic nitrogens is 2. The Labute approximate surface area is 179 Å². The molecule has 5 nitrogen and oxygen atoms in total. The average Bonchev–Trinajstić information content (AvgIpc) is 3.44. The molecule has 0 saturated carbocycles. The number of thiazole rings is 2. The normalized spacial score (nSPS) is 11.4. The van der Waals surface area contributed by atoms with Crippen molar-refractivity contribution in [2.75, 3.05) is 4.90 Å².